The van der Waals surface area contributed by atoms with Gasteiger partial charge in [0.1, 0.15) is 0 Å². The normalized spacial score (nSPS) is 11.4. The minimum atomic E-state index is -0.0227. The Balaban J connectivity index is 0.00000260. The van der Waals surface area contributed by atoms with Gasteiger partial charge in [0.25, 0.3) is 0 Å². The van der Waals surface area contributed by atoms with Crippen molar-refractivity contribution in [1.29, 1.82) is 0 Å². The zero-order valence-electron chi connectivity index (χ0n) is 28.7. The topological polar surface area (TPSA) is 51.6 Å². The second-order valence-electron chi connectivity index (χ2n) is 14.2. The number of aromatic nitrogens is 4. The fourth-order valence-electron chi connectivity index (χ4n) is 5.70. The summed E-state index contributed by atoms with van der Waals surface area (Å²) in [5, 5.41) is 0. The van der Waals surface area contributed by atoms with Crippen molar-refractivity contribution in [3.63, 3.8) is 0 Å². The zero-order chi connectivity index (χ0) is 32.6. The molecule has 248 valence electrons. The molecule has 2 aromatic carbocycles. The summed E-state index contributed by atoms with van der Waals surface area (Å²) in [5.74, 6) is 0. The number of rotatable bonds is 5. The Hall–Kier alpha value is -3.66. The van der Waals surface area contributed by atoms with Crippen molar-refractivity contribution in [1.82, 2.24) is 19.9 Å². The molecule has 0 aliphatic carbocycles. The maximum absolute atomic E-state index is 4.86. The summed E-state index contributed by atoms with van der Waals surface area (Å²) < 4.78 is 0. The molecule has 48 heavy (non-hydrogen) atoms. The molecule has 0 saturated carbocycles. The maximum Gasteiger partial charge on any atom is 0.0239 e. The number of nitrogens with zero attached hydrogens (tertiary/aromatic N) is 4. The SMILES string of the molecule is Cc1cc(C)cc(-c2c(-c3ccc(-c4[c-]cc(C(C)(C)C)nc4)nc3)cccc2-c2ccc(-c3[c-]cc(C(C)(C)C)nc3)nc2)c1.[Ir].[Ir]. The number of hydrogen-bond donors (Lipinski definition) is 0. The van der Waals surface area contributed by atoms with Gasteiger partial charge in [0, 0.05) is 52.6 Å². The van der Waals surface area contributed by atoms with Crippen LogP contribution in [0.3, 0.4) is 0 Å². The van der Waals surface area contributed by atoms with Crippen LogP contribution in [0.5, 0.6) is 0 Å². The first kappa shape index (κ1) is 37.2. The Bertz CT molecular complexity index is 1850. The van der Waals surface area contributed by atoms with Gasteiger partial charge in [-0.15, -0.1) is 35.4 Å². The van der Waals surface area contributed by atoms with E-state index in [2.05, 4.69) is 138 Å². The largest absolute Gasteiger partial charge is 0.356 e. The third kappa shape index (κ3) is 8.13. The summed E-state index contributed by atoms with van der Waals surface area (Å²) in [6.45, 7) is 17.2. The Morgan fingerprint density at radius 2 is 0.938 bits per heavy atom. The van der Waals surface area contributed by atoms with Gasteiger partial charge in [-0.3, -0.25) is 0 Å². The predicted octanol–water partition coefficient (Wildman–Crippen LogP) is 10.4. The third-order valence-electron chi connectivity index (χ3n) is 8.21. The van der Waals surface area contributed by atoms with E-state index in [-0.39, 0.29) is 51.0 Å². The fourth-order valence-corrected chi connectivity index (χ4v) is 5.70. The molecule has 4 aromatic heterocycles. The molecule has 0 aliphatic heterocycles. The van der Waals surface area contributed by atoms with E-state index in [0.717, 1.165) is 61.7 Å². The van der Waals surface area contributed by atoms with Gasteiger partial charge in [0.05, 0.1) is 0 Å². The van der Waals surface area contributed by atoms with Crippen molar-refractivity contribution in [2.45, 2.75) is 66.2 Å². The van der Waals surface area contributed by atoms with Gasteiger partial charge in [-0.1, -0.05) is 126 Å². The van der Waals surface area contributed by atoms with E-state index in [1.54, 1.807) is 0 Å². The van der Waals surface area contributed by atoms with Gasteiger partial charge < -0.3 is 19.9 Å². The van der Waals surface area contributed by atoms with Crippen molar-refractivity contribution >= 4 is 0 Å². The monoisotopic (exact) mass is 986 g/mol. The molecule has 0 aliphatic rings. The minimum Gasteiger partial charge on any atom is -0.356 e. The molecular weight excluding hydrogens is 945 g/mol. The van der Waals surface area contributed by atoms with Gasteiger partial charge in [-0.2, -0.15) is 0 Å². The van der Waals surface area contributed by atoms with Crippen molar-refractivity contribution in [3.8, 4) is 55.9 Å². The Morgan fingerprint density at radius 1 is 0.500 bits per heavy atom. The molecular formula is C42H40Ir2N4-2. The second-order valence-corrected chi connectivity index (χ2v) is 14.2. The van der Waals surface area contributed by atoms with E-state index in [9.17, 15) is 0 Å². The Kier molecular flexibility index (Phi) is 11.5. The fraction of sp³-hybridized carbons (Fsp3) is 0.238. The number of aryl methyl sites for hydroxylation is 2. The smallest absolute Gasteiger partial charge is 0.0239 e. The molecule has 6 heteroatoms. The summed E-state index contributed by atoms with van der Waals surface area (Å²) in [4.78, 5) is 19.1. The summed E-state index contributed by atoms with van der Waals surface area (Å²) in [6.07, 6.45) is 7.65. The summed E-state index contributed by atoms with van der Waals surface area (Å²) in [6, 6.07) is 32.3. The summed E-state index contributed by atoms with van der Waals surface area (Å²) in [5.41, 5.74) is 14.5. The van der Waals surface area contributed by atoms with E-state index >= 15 is 0 Å². The molecule has 0 saturated heterocycles. The molecule has 0 spiro atoms. The zero-order valence-corrected chi connectivity index (χ0v) is 33.5. The molecule has 4 nitrogen and oxygen atoms in total. The molecule has 6 aromatic rings. The molecule has 4 heterocycles. The quantitative estimate of drug-likeness (QED) is 0.162. The second kappa shape index (κ2) is 14.8. The van der Waals surface area contributed by atoms with Crippen LogP contribution >= 0.6 is 0 Å². The molecule has 2 radical (unpaired) electrons. The minimum absolute atomic E-state index is 0. The molecule has 0 N–H and O–H groups in total. The molecule has 0 amide bonds. The third-order valence-corrected chi connectivity index (χ3v) is 8.21. The molecule has 0 bridgehead atoms. The van der Waals surface area contributed by atoms with Crippen molar-refractivity contribution in [2.75, 3.05) is 0 Å². The average molecular weight is 985 g/mol. The van der Waals surface area contributed by atoms with E-state index in [0.29, 0.717) is 0 Å². The van der Waals surface area contributed by atoms with Gasteiger partial charge >= 0.3 is 0 Å². The maximum atomic E-state index is 4.86. The van der Waals surface area contributed by atoms with Crippen LogP contribution in [0.25, 0.3) is 55.9 Å². The van der Waals surface area contributed by atoms with E-state index in [4.69, 9.17) is 9.97 Å². The number of pyridine rings is 4. The number of hydrogen-bond acceptors (Lipinski definition) is 4. The summed E-state index contributed by atoms with van der Waals surface area (Å²) in [7, 11) is 0. The molecule has 0 atom stereocenters. The van der Waals surface area contributed by atoms with E-state index < -0.39 is 0 Å². The van der Waals surface area contributed by atoms with Crippen LogP contribution in [0.15, 0.2) is 97.6 Å². The van der Waals surface area contributed by atoms with Gasteiger partial charge in [-0.25, -0.2) is 0 Å². The van der Waals surface area contributed by atoms with Crippen LogP contribution in [0.1, 0.15) is 64.1 Å². The first-order chi connectivity index (χ1) is 21.9. The van der Waals surface area contributed by atoms with E-state index in [1.807, 2.05) is 36.9 Å². The van der Waals surface area contributed by atoms with Gasteiger partial charge in [0.2, 0.25) is 0 Å². The Labute approximate surface area is 312 Å². The van der Waals surface area contributed by atoms with Gasteiger partial charge in [0.15, 0.2) is 0 Å². The molecule has 0 fully saturated rings. The predicted molar refractivity (Wildman–Crippen MR) is 189 cm³/mol. The van der Waals surface area contributed by atoms with Crippen LogP contribution in [-0.4, -0.2) is 19.9 Å². The standard InChI is InChI=1S/C42H40N4.2Ir/c1-27-20-28(2)22-33(21-27)40-34(29-12-16-36(43-23-29)31-14-18-38(45-25-31)41(3,4)5)10-9-11-35(40)30-13-17-37(44-24-30)32-15-19-39(46-26-32)42(6,7)8;;/h9-13,16-26H,1-8H3;;/q-2;;. The van der Waals surface area contributed by atoms with Crippen LogP contribution in [0, 0.1) is 26.0 Å². The van der Waals surface area contributed by atoms with Crippen LogP contribution in [-0.2, 0) is 51.0 Å². The van der Waals surface area contributed by atoms with Crippen LogP contribution < -0.4 is 0 Å². The number of benzene rings is 2. The van der Waals surface area contributed by atoms with Crippen molar-refractivity contribution in [2.24, 2.45) is 0 Å². The average Bonchev–Trinajstić information content (AvgIpc) is 3.03. The van der Waals surface area contributed by atoms with Crippen molar-refractivity contribution < 1.29 is 40.2 Å². The summed E-state index contributed by atoms with van der Waals surface area (Å²) >= 11 is 0. The van der Waals surface area contributed by atoms with Gasteiger partial charge in [-0.05, 0) is 80.8 Å². The molecule has 0 unspecified atom stereocenters. The molecule has 6 rings (SSSR count). The van der Waals surface area contributed by atoms with Crippen LogP contribution in [0.2, 0.25) is 0 Å². The Morgan fingerprint density at radius 3 is 1.27 bits per heavy atom. The van der Waals surface area contributed by atoms with E-state index in [1.165, 1.54) is 16.7 Å². The first-order valence-electron chi connectivity index (χ1n) is 15.8. The van der Waals surface area contributed by atoms with Crippen molar-refractivity contribution in [3.05, 3.63) is 132 Å². The first-order valence-corrected chi connectivity index (χ1v) is 15.8. The van der Waals surface area contributed by atoms with Crippen LogP contribution in [0.4, 0.5) is 0 Å².